The first-order valence-electron chi connectivity index (χ1n) is 6.35. The molecule has 4 nitrogen and oxygen atoms in total. The second-order valence-corrected chi connectivity index (χ2v) is 6.66. The van der Waals surface area contributed by atoms with E-state index in [-0.39, 0.29) is 23.9 Å². The Bertz CT molecular complexity index is 421. The molecule has 106 valence electrons. The average molecular weight is 282 g/mol. The van der Waals surface area contributed by atoms with Gasteiger partial charge in [0.05, 0.1) is 6.54 Å². The molecule has 1 aromatic heterocycles. The zero-order valence-corrected chi connectivity index (χ0v) is 12.8. The van der Waals surface area contributed by atoms with Gasteiger partial charge in [-0.1, -0.05) is 6.07 Å². The Morgan fingerprint density at radius 2 is 2.05 bits per heavy atom. The van der Waals surface area contributed by atoms with Crippen LogP contribution in [-0.2, 0) is 16.0 Å². The minimum absolute atomic E-state index is 0.00235. The van der Waals surface area contributed by atoms with E-state index in [1.807, 2.05) is 38.3 Å². The zero-order valence-electron chi connectivity index (χ0n) is 12.0. The van der Waals surface area contributed by atoms with Crippen LogP contribution in [0.1, 0.15) is 32.1 Å². The van der Waals surface area contributed by atoms with Crippen LogP contribution in [0.25, 0.3) is 0 Å². The highest BCUT2D eigenvalue weighted by molar-refractivity contribution is 7.09. The van der Waals surface area contributed by atoms with E-state index in [1.54, 1.807) is 18.4 Å². The van der Waals surface area contributed by atoms with Gasteiger partial charge in [-0.15, -0.1) is 11.3 Å². The predicted octanol–water partition coefficient (Wildman–Crippen LogP) is 2.05. The fraction of sp³-hybridized carbons (Fsp3) is 0.571. The molecule has 19 heavy (non-hydrogen) atoms. The van der Waals surface area contributed by atoms with Crippen molar-refractivity contribution >= 4 is 23.2 Å². The Morgan fingerprint density at radius 1 is 1.37 bits per heavy atom. The Morgan fingerprint density at radius 3 is 2.58 bits per heavy atom. The van der Waals surface area contributed by atoms with E-state index in [0.717, 1.165) is 6.42 Å². The number of thiophene rings is 1. The summed E-state index contributed by atoms with van der Waals surface area (Å²) in [5.41, 5.74) is -0.266. The Balaban J connectivity index is 2.34. The minimum atomic E-state index is -0.266. The van der Waals surface area contributed by atoms with Crippen LogP contribution in [0.5, 0.6) is 0 Å². The summed E-state index contributed by atoms with van der Waals surface area (Å²) in [4.78, 5) is 26.3. The maximum Gasteiger partial charge on any atom is 0.240 e. The third-order valence-corrected chi connectivity index (χ3v) is 3.42. The summed E-state index contributed by atoms with van der Waals surface area (Å²) in [6, 6.07) is 4.00. The normalized spacial score (nSPS) is 11.2. The van der Waals surface area contributed by atoms with Gasteiger partial charge in [-0.05, 0) is 38.6 Å². The van der Waals surface area contributed by atoms with Crippen molar-refractivity contribution in [3.05, 3.63) is 22.4 Å². The average Bonchev–Trinajstić information content (AvgIpc) is 2.75. The lowest BCUT2D eigenvalue weighted by Crippen LogP contribution is -2.46. The SMILES string of the molecule is CN(CC(=O)NC(C)(C)C)C(=O)CCc1cccs1. The highest BCUT2D eigenvalue weighted by atomic mass is 32.1. The molecule has 1 N–H and O–H groups in total. The highest BCUT2D eigenvalue weighted by Crippen LogP contribution is 2.11. The first kappa shape index (κ1) is 15.7. The molecule has 2 amide bonds. The fourth-order valence-electron chi connectivity index (χ4n) is 1.64. The minimum Gasteiger partial charge on any atom is -0.350 e. The van der Waals surface area contributed by atoms with E-state index in [0.29, 0.717) is 6.42 Å². The summed E-state index contributed by atoms with van der Waals surface area (Å²) < 4.78 is 0. The highest BCUT2D eigenvalue weighted by Gasteiger charge is 2.17. The van der Waals surface area contributed by atoms with Crippen molar-refractivity contribution in [2.24, 2.45) is 0 Å². The second-order valence-electron chi connectivity index (χ2n) is 5.63. The molecule has 0 aromatic carbocycles. The van der Waals surface area contributed by atoms with Gasteiger partial charge < -0.3 is 10.2 Å². The van der Waals surface area contributed by atoms with E-state index in [4.69, 9.17) is 0 Å². The van der Waals surface area contributed by atoms with Crippen molar-refractivity contribution in [1.29, 1.82) is 0 Å². The third-order valence-electron chi connectivity index (χ3n) is 2.49. The summed E-state index contributed by atoms with van der Waals surface area (Å²) in [6.07, 6.45) is 1.18. The van der Waals surface area contributed by atoms with Crippen molar-refractivity contribution in [3.8, 4) is 0 Å². The molecule has 5 heteroatoms. The summed E-state index contributed by atoms with van der Waals surface area (Å²) in [7, 11) is 1.67. The van der Waals surface area contributed by atoms with Crippen LogP contribution in [0.15, 0.2) is 17.5 Å². The van der Waals surface area contributed by atoms with Crippen LogP contribution in [0, 0.1) is 0 Å². The van der Waals surface area contributed by atoms with Crippen molar-refractivity contribution in [3.63, 3.8) is 0 Å². The standard InChI is InChI=1S/C14H22N2O2S/c1-14(2,3)15-12(17)10-16(4)13(18)8-7-11-6-5-9-19-11/h5-6,9H,7-8,10H2,1-4H3,(H,15,17). The number of hydrogen-bond acceptors (Lipinski definition) is 3. The molecule has 0 atom stereocenters. The number of rotatable bonds is 5. The molecule has 0 bridgehead atoms. The van der Waals surface area contributed by atoms with Gasteiger partial charge >= 0.3 is 0 Å². The van der Waals surface area contributed by atoms with Crippen LogP contribution in [-0.4, -0.2) is 35.8 Å². The van der Waals surface area contributed by atoms with Crippen LogP contribution in [0.4, 0.5) is 0 Å². The molecular formula is C14H22N2O2S. The van der Waals surface area contributed by atoms with E-state index in [9.17, 15) is 9.59 Å². The first-order valence-corrected chi connectivity index (χ1v) is 7.23. The summed E-state index contributed by atoms with van der Waals surface area (Å²) in [5.74, 6) is -0.128. The maximum atomic E-state index is 11.9. The summed E-state index contributed by atoms with van der Waals surface area (Å²) in [5, 5.41) is 4.84. The van der Waals surface area contributed by atoms with Crippen molar-refractivity contribution in [2.45, 2.75) is 39.2 Å². The number of aryl methyl sites for hydroxylation is 1. The van der Waals surface area contributed by atoms with Crippen LogP contribution >= 0.6 is 11.3 Å². The number of likely N-dealkylation sites (N-methyl/N-ethyl adjacent to an activating group) is 1. The van der Waals surface area contributed by atoms with Gasteiger partial charge in [0.15, 0.2) is 0 Å². The Kier molecular flexibility index (Phi) is 5.54. The molecule has 0 saturated heterocycles. The lowest BCUT2D eigenvalue weighted by Gasteiger charge is -2.23. The van der Waals surface area contributed by atoms with Gasteiger partial charge in [0.2, 0.25) is 11.8 Å². The predicted molar refractivity (Wildman–Crippen MR) is 78.2 cm³/mol. The van der Waals surface area contributed by atoms with Crippen molar-refractivity contribution in [1.82, 2.24) is 10.2 Å². The second kappa shape index (κ2) is 6.70. The van der Waals surface area contributed by atoms with E-state index in [2.05, 4.69) is 5.32 Å². The van der Waals surface area contributed by atoms with Gasteiger partial charge in [0, 0.05) is 23.9 Å². The molecule has 1 aromatic rings. The van der Waals surface area contributed by atoms with E-state index >= 15 is 0 Å². The van der Waals surface area contributed by atoms with Crippen LogP contribution in [0.2, 0.25) is 0 Å². The van der Waals surface area contributed by atoms with Crippen LogP contribution in [0.3, 0.4) is 0 Å². The van der Waals surface area contributed by atoms with E-state index in [1.165, 1.54) is 9.78 Å². The molecule has 0 unspecified atom stereocenters. The molecule has 1 rings (SSSR count). The monoisotopic (exact) mass is 282 g/mol. The van der Waals surface area contributed by atoms with Gasteiger partial charge in [-0.2, -0.15) is 0 Å². The number of carbonyl (C=O) groups excluding carboxylic acids is 2. The summed E-state index contributed by atoms with van der Waals surface area (Å²) in [6.45, 7) is 5.87. The number of nitrogens with one attached hydrogen (secondary N) is 1. The van der Waals surface area contributed by atoms with Gasteiger partial charge in [0.1, 0.15) is 0 Å². The molecular weight excluding hydrogens is 260 g/mol. The van der Waals surface area contributed by atoms with Gasteiger partial charge in [0.25, 0.3) is 0 Å². The molecule has 0 saturated carbocycles. The van der Waals surface area contributed by atoms with Gasteiger partial charge in [-0.3, -0.25) is 9.59 Å². The first-order chi connectivity index (χ1) is 8.78. The number of hydrogen-bond donors (Lipinski definition) is 1. The fourth-order valence-corrected chi connectivity index (χ4v) is 2.35. The smallest absolute Gasteiger partial charge is 0.240 e. The molecule has 0 radical (unpaired) electrons. The Labute approximate surface area is 118 Å². The Hall–Kier alpha value is -1.36. The lowest BCUT2D eigenvalue weighted by molar-refractivity contribution is -0.135. The number of nitrogens with zero attached hydrogens (tertiary/aromatic N) is 1. The number of amides is 2. The van der Waals surface area contributed by atoms with Crippen LogP contribution < -0.4 is 5.32 Å². The number of carbonyl (C=O) groups is 2. The van der Waals surface area contributed by atoms with Crippen molar-refractivity contribution < 1.29 is 9.59 Å². The molecule has 0 aliphatic rings. The lowest BCUT2D eigenvalue weighted by atomic mass is 10.1. The molecule has 0 spiro atoms. The van der Waals surface area contributed by atoms with Gasteiger partial charge in [-0.25, -0.2) is 0 Å². The molecule has 0 aliphatic heterocycles. The maximum absolute atomic E-state index is 11.9. The molecule has 1 heterocycles. The third kappa shape index (κ3) is 6.38. The van der Waals surface area contributed by atoms with E-state index < -0.39 is 0 Å². The topological polar surface area (TPSA) is 49.4 Å². The molecule has 0 aliphatic carbocycles. The molecule has 0 fully saturated rings. The quantitative estimate of drug-likeness (QED) is 0.898. The van der Waals surface area contributed by atoms with Crippen molar-refractivity contribution in [2.75, 3.05) is 13.6 Å². The largest absolute Gasteiger partial charge is 0.350 e. The zero-order chi connectivity index (χ0) is 14.5. The summed E-state index contributed by atoms with van der Waals surface area (Å²) >= 11 is 1.65.